The van der Waals surface area contributed by atoms with Crippen LogP contribution in [0.15, 0.2) is 208 Å². The minimum atomic E-state index is -0.260. The number of hydrogen-bond acceptors (Lipinski definition) is 19. The van der Waals surface area contributed by atoms with Crippen molar-refractivity contribution in [3.8, 4) is 45.6 Å². The summed E-state index contributed by atoms with van der Waals surface area (Å²) in [5.41, 5.74) is 26.6. The number of imidazole rings is 3. The fourth-order valence-electron chi connectivity index (χ4n) is 13.4. The quantitative estimate of drug-likeness (QED) is 0.0386. The lowest BCUT2D eigenvalue weighted by Gasteiger charge is -2.22. The van der Waals surface area contributed by atoms with Crippen molar-refractivity contribution in [1.29, 1.82) is 0 Å². The van der Waals surface area contributed by atoms with Crippen molar-refractivity contribution in [1.82, 2.24) is 77.7 Å². The largest absolute Gasteiger partial charge is 0.382 e. The van der Waals surface area contributed by atoms with Gasteiger partial charge in [-0.1, -0.05) is 95.5 Å². The van der Waals surface area contributed by atoms with Crippen LogP contribution >= 0.6 is 0 Å². The van der Waals surface area contributed by atoms with Crippen LogP contribution in [0.3, 0.4) is 0 Å². The van der Waals surface area contributed by atoms with Gasteiger partial charge in [0.1, 0.15) is 86.0 Å². The number of carbonyl (C=O) groups excluding carboxylic acids is 6. The second-order valence-corrected chi connectivity index (χ2v) is 25.6. The second-order valence-electron chi connectivity index (χ2n) is 25.6. The molecule has 562 valence electrons. The monoisotopic (exact) mass is 1480 g/mol. The summed E-state index contributed by atoms with van der Waals surface area (Å²) in [7, 11) is 3.92. The Hall–Kier alpha value is -13.8. The smallest absolute Gasteiger partial charge is 0.299 e. The lowest BCUT2D eigenvalue weighted by Crippen LogP contribution is -2.30. The molecule has 12 heterocycles. The van der Waals surface area contributed by atoms with E-state index in [1.807, 2.05) is 91.8 Å². The van der Waals surface area contributed by atoms with Gasteiger partial charge >= 0.3 is 0 Å². The molecule has 9 aromatic heterocycles. The molecular formula is C82H88N22O6. The third-order valence-corrected chi connectivity index (χ3v) is 18.4. The molecule has 3 aliphatic rings. The first-order chi connectivity index (χ1) is 52.0. The molecule has 0 aliphatic carbocycles. The molecule has 9 N–H and O–H groups in total. The first-order valence-electron chi connectivity index (χ1n) is 34.7. The van der Waals surface area contributed by atoms with E-state index >= 15 is 0 Å². The average molecular weight is 1480 g/mol. The summed E-state index contributed by atoms with van der Waals surface area (Å²) in [4.78, 5) is 123. The fraction of sp³-hybridized carbons (Fsp3) is 0.232. The van der Waals surface area contributed by atoms with Crippen LogP contribution in [0.25, 0.3) is 50.3 Å². The van der Waals surface area contributed by atoms with Gasteiger partial charge in [-0.3, -0.25) is 42.0 Å². The normalized spacial score (nSPS) is 14.9. The van der Waals surface area contributed by atoms with E-state index in [2.05, 4.69) is 64.3 Å². The van der Waals surface area contributed by atoms with Gasteiger partial charge < -0.3 is 52.8 Å². The Bertz CT molecular complexity index is 5390. The third-order valence-electron chi connectivity index (χ3n) is 18.4. The van der Waals surface area contributed by atoms with Gasteiger partial charge in [0.05, 0.1) is 18.1 Å². The van der Waals surface area contributed by atoms with Gasteiger partial charge in [-0.15, -0.1) is 0 Å². The number of hydrogen-bond donors (Lipinski definition) is 6. The van der Waals surface area contributed by atoms with Crippen LogP contribution in [0.2, 0.25) is 0 Å². The standard InChI is InChI=1S/C28H30N8O2.C26H23N7O2.C25H23N7O2.3CH4/c1-34(2)16-6-9-23(37)35-17-5-7-21(35)27-33-24(25-26(29)31-15-18-36(25)27)19-10-12-20(13-11-19)28(38)32-22-8-3-4-14-30-22;1-2-6-21(34)32-15-5-7-19(32)25-31-22(23-24(27)29-14-16-33(23)25)17-9-11-18(12-10-17)26(35)30-20-8-3-4-13-28-20;1-2-20(33)31-14-5-6-18(31)24-30-21(22-23(26)28-13-15-32(22)24)16-8-10-17(11-9-16)25(34)29-19-7-3-4-12-27-19;;;/h3-4,6,8-15,18,21H,5,7,16-17H2,1-2H3,(H2,29,31)(H,30,32,38);3-4,8-14,16,19H,5,7,15H2,1H3,(H2,27,29)(H,28,30,35);2-4,7-13,15,18H,1,5-6,14H2,(H2,26,28)(H,27,29,34);3*1H4/b9-6+;;;;;/t21-;19-;18-;;;/m000.../s1. The van der Waals surface area contributed by atoms with E-state index in [9.17, 15) is 28.8 Å². The van der Waals surface area contributed by atoms with E-state index in [-0.39, 0.29) is 75.8 Å². The number of benzene rings is 3. The Morgan fingerprint density at radius 1 is 0.473 bits per heavy atom. The van der Waals surface area contributed by atoms with Crippen molar-refractivity contribution >= 4 is 86.9 Å². The molecule has 3 atom stereocenters. The molecule has 15 rings (SSSR count). The maximum atomic E-state index is 13.0. The highest BCUT2D eigenvalue weighted by molar-refractivity contribution is 6.06. The molecule has 28 heteroatoms. The molecule has 28 nitrogen and oxygen atoms in total. The van der Waals surface area contributed by atoms with Crippen LogP contribution < -0.4 is 33.2 Å². The molecule has 0 bridgehead atoms. The average Bonchev–Trinajstić information content (AvgIpc) is 1.62. The van der Waals surface area contributed by atoms with Gasteiger partial charge in [-0.2, -0.15) is 0 Å². The number of rotatable bonds is 16. The number of nitrogen functional groups attached to an aromatic ring is 3. The summed E-state index contributed by atoms with van der Waals surface area (Å²) in [6, 6.07) is 36.8. The van der Waals surface area contributed by atoms with Crippen molar-refractivity contribution in [2.24, 2.45) is 0 Å². The molecule has 0 spiro atoms. The lowest BCUT2D eigenvalue weighted by atomic mass is 10.1. The molecule has 12 aromatic rings. The summed E-state index contributed by atoms with van der Waals surface area (Å²) in [6.45, 7) is 7.92. The Morgan fingerprint density at radius 3 is 1.13 bits per heavy atom. The fourth-order valence-corrected chi connectivity index (χ4v) is 13.4. The van der Waals surface area contributed by atoms with Crippen LogP contribution in [0.4, 0.5) is 34.9 Å². The number of pyridine rings is 3. The van der Waals surface area contributed by atoms with Crippen molar-refractivity contribution in [3.05, 3.63) is 242 Å². The molecular weight excluding hydrogens is 1390 g/mol. The van der Waals surface area contributed by atoms with Crippen molar-refractivity contribution < 1.29 is 28.8 Å². The van der Waals surface area contributed by atoms with Crippen molar-refractivity contribution in [3.63, 3.8) is 0 Å². The van der Waals surface area contributed by atoms with Crippen LogP contribution in [0, 0.1) is 11.8 Å². The number of amides is 6. The topological polar surface area (TPSA) is 359 Å². The van der Waals surface area contributed by atoms with Crippen LogP contribution in [0.5, 0.6) is 0 Å². The maximum absolute atomic E-state index is 13.0. The summed E-state index contributed by atoms with van der Waals surface area (Å²) in [5.74, 6) is 8.85. The molecule has 3 aliphatic heterocycles. The zero-order chi connectivity index (χ0) is 74.7. The summed E-state index contributed by atoms with van der Waals surface area (Å²) >= 11 is 0. The zero-order valence-electron chi connectivity index (χ0n) is 58.9. The molecule has 0 saturated carbocycles. The zero-order valence-corrected chi connectivity index (χ0v) is 58.9. The Morgan fingerprint density at radius 2 is 0.809 bits per heavy atom. The molecule has 3 aromatic carbocycles. The number of likely N-dealkylation sites (tertiary alicyclic amines) is 3. The number of aromatic nitrogens is 12. The molecule has 6 amide bonds. The predicted octanol–water partition coefficient (Wildman–Crippen LogP) is 12.1. The van der Waals surface area contributed by atoms with Crippen LogP contribution in [0.1, 0.15) is 134 Å². The van der Waals surface area contributed by atoms with Crippen molar-refractivity contribution in [2.75, 3.05) is 73.4 Å². The van der Waals surface area contributed by atoms with E-state index in [4.69, 9.17) is 32.2 Å². The summed E-state index contributed by atoms with van der Waals surface area (Å²) in [5, 5.41) is 8.34. The number of nitrogens with zero attached hydrogens (tertiary/aromatic N) is 16. The highest BCUT2D eigenvalue weighted by Crippen LogP contribution is 2.40. The number of nitrogens with two attached hydrogens (primary N) is 3. The first kappa shape index (κ1) is 78.8. The van der Waals surface area contributed by atoms with Crippen molar-refractivity contribution in [2.45, 2.75) is 85.9 Å². The van der Waals surface area contributed by atoms with Gasteiger partial charge in [0.25, 0.3) is 23.6 Å². The van der Waals surface area contributed by atoms with E-state index in [1.54, 1.807) is 157 Å². The molecule has 0 radical (unpaired) electrons. The van der Waals surface area contributed by atoms with Crippen LogP contribution in [-0.2, 0) is 14.4 Å². The van der Waals surface area contributed by atoms with E-state index in [1.165, 1.54) is 6.08 Å². The highest BCUT2D eigenvalue weighted by atomic mass is 16.2. The van der Waals surface area contributed by atoms with Gasteiger partial charge in [0.2, 0.25) is 11.8 Å². The SMILES string of the molecule is C.C.C.C=CC(=O)N1CCC[C@H]1c1nc(-c2ccc(C(=O)Nc3ccccn3)cc2)c2c(N)nccn12.CC#CC(=O)N1CCC[C@H]1c1nc(-c2ccc(C(=O)Nc3ccccn3)cc2)c2c(N)nccn12.CN(C)C/C=C/C(=O)N1CCC[C@H]1c1nc(-c2ccc(C(=O)Nc3ccccn3)cc2)c2c(N)nccn12. The molecule has 110 heavy (non-hydrogen) atoms. The number of likely N-dealkylation sites (N-methyl/N-ethyl adjacent to an activating group) is 1. The van der Waals surface area contributed by atoms with E-state index < -0.39 is 0 Å². The minimum absolute atomic E-state index is 0. The second kappa shape index (κ2) is 35.5. The van der Waals surface area contributed by atoms with E-state index in [0.29, 0.717) is 117 Å². The summed E-state index contributed by atoms with van der Waals surface area (Å²) in [6.07, 6.45) is 25.1. The van der Waals surface area contributed by atoms with Gasteiger partial charge in [0.15, 0.2) is 0 Å². The number of anilines is 6. The molecule has 0 unspecified atom stereocenters. The molecule has 3 saturated heterocycles. The lowest BCUT2D eigenvalue weighted by molar-refractivity contribution is -0.127. The van der Waals surface area contributed by atoms with Gasteiger partial charge in [-0.05, 0) is 144 Å². The highest BCUT2D eigenvalue weighted by Gasteiger charge is 2.37. The number of nitrogens with one attached hydrogen (secondary N) is 3. The summed E-state index contributed by atoms with van der Waals surface area (Å²) < 4.78 is 5.73. The minimum Gasteiger partial charge on any atom is -0.382 e. The van der Waals surface area contributed by atoms with Crippen LogP contribution in [-0.4, -0.2) is 153 Å². The number of carbonyl (C=O) groups is 6. The third kappa shape index (κ3) is 17.0. The maximum Gasteiger partial charge on any atom is 0.299 e. The predicted molar refractivity (Wildman–Crippen MR) is 428 cm³/mol. The van der Waals surface area contributed by atoms with Gasteiger partial charge in [-0.25, -0.2) is 44.9 Å². The van der Waals surface area contributed by atoms with E-state index in [0.717, 1.165) is 66.9 Å². The Balaban J connectivity index is 0.000000173. The first-order valence-corrected chi connectivity index (χ1v) is 34.7. The van der Waals surface area contributed by atoms with Gasteiger partial charge in [0, 0.05) is 121 Å². The Kier molecular flexibility index (Phi) is 25.4. The number of fused-ring (bicyclic) bond motifs is 3. The Labute approximate surface area is 637 Å². The molecule has 3 fully saturated rings.